The van der Waals surface area contributed by atoms with Gasteiger partial charge in [0.25, 0.3) is 11.8 Å². The number of carbonyl (C=O) groups excluding carboxylic acids is 2. The highest BCUT2D eigenvalue weighted by molar-refractivity contribution is 6.05. The van der Waals surface area contributed by atoms with Crippen LogP contribution in [0, 0.1) is 0 Å². The summed E-state index contributed by atoms with van der Waals surface area (Å²) in [6.45, 7) is 4.58. The van der Waals surface area contributed by atoms with E-state index in [1.165, 1.54) is 0 Å². The highest BCUT2D eigenvalue weighted by atomic mass is 16.5. The van der Waals surface area contributed by atoms with Crippen LogP contribution in [0.3, 0.4) is 0 Å². The lowest BCUT2D eigenvalue weighted by Crippen LogP contribution is -3.15. The average molecular weight is 421 g/mol. The standard InChI is InChI=1S/C25H29N3O3/c1-5-28(23-12-8-10-19-9-6-7-11-22(19)23)25(30)18(2)27(3)17-24(29)26-20-13-15-21(31-4)16-14-20/h6-16,18H,5,17H2,1-4H3,(H,26,29)/p+1/t18-/m1/s1. The quantitative estimate of drug-likeness (QED) is 0.589. The first-order valence-electron chi connectivity index (χ1n) is 10.5. The topological polar surface area (TPSA) is 63.1 Å². The van der Waals surface area contributed by atoms with Crippen LogP contribution in [0.25, 0.3) is 10.8 Å². The Labute approximate surface area is 183 Å². The van der Waals surface area contributed by atoms with Gasteiger partial charge in [0.1, 0.15) is 5.75 Å². The third-order valence-corrected chi connectivity index (χ3v) is 5.56. The Kier molecular flexibility index (Phi) is 7.26. The first-order valence-corrected chi connectivity index (χ1v) is 10.5. The fraction of sp³-hybridized carbons (Fsp3) is 0.280. The maximum atomic E-state index is 13.3. The Morgan fingerprint density at radius 2 is 1.71 bits per heavy atom. The number of methoxy groups -OCH3 is 1. The number of quaternary nitrogens is 1. The van der Waals surface area contributed by atoms with Gasteiger partial charge in [-0.2, -0.15) is 0 Å². The highest BCUT2D eigenvalue weighted by Gasteiger charge is 2.29. The number of likely N-dealkylation sites (N-methyl/N-ethyl adjacent to an activating group) is 2. The van der Waals surface area contributed by atoms with E-state index in [4.69, 9.17) is 4.74 Å². The van der Waals surface area contributed by atoms with E-state index in [1.54, 1.807) is 36.3 Å². The van der Waals surface area contributed by atoms with Gasteiger partial charge < -0.3 is 19.9 Å². The number of anilines is 2. The van der Waals surface area contributed by atoms with Crippen LogP contribution in [0.2, 0.25) is 0 Å². The van der Waals surface area contributed by atoms with Crippen LogP contribution in [-0.4, -0.2) is 45.1 Å². The number of ether oxygens (including phenoxy) is 1. The average Bonchev–Trinajstić information content (AvgIpc) is 2.79. The van der Waals surface area contributed by atoms with Crippen molar-refractivity contribution in [2.75, 3.05) is 37.5 Å². The second-order valence-corrected chi connectivity index (χ2v) is 7.60. The van der Waals surface area contributed by atoms with Gasteiger partial charge in [0, 0.05) is 17.6 Å². The van der Waals surface area contributed by atoms with Gasteiger partial charge in [-0.3, -0.25) is 9.59 Å². The molecule has 0 bridgehead atoms. The third kappa shape index (κ3) is 5.22. The molecule has 2 atom stereocenters. The molecule has 3 aromatic carbocycles. The molecular formula is C25H30N3O3+. The maximum Gasteiger partial charge on any atom is 0.284 e. The zero-order valence-corrected chi connectivity index (χ0v) is 18.5. The molecule has 2 amide bonds. The van der Waals surface area contributed by atoms with Gasteiger partial charge in [0.15, 0.2) is 12.6 Å². The number of hydrogen-bond donors (Lipinski definition) is 2. The molecule has 2 N–H and O–H groups in total. The predicted molar refractivity (Wildman–Crippen MR) is 125 cm³/mol. The summed E-state index contributed by atoms with van der Waals surface area (Å²) in [6, 6.07) is 20.8. The Hall–Kier alpha value is -3.38. The molecule has 0 heterocycles. The van der Waals surface area contributed by atoms with Crippen LogP contribution >= 0.6 is 0 Å². The summed E-state index contributed by atoms with van der Waals surface area (Å²) in [7, 11) is 3.47. The van der Waals surface area contributed by atoms with E-state index in [0.717, 1.165) is 27.1 Å². The summed E-state index contributed by atoms with van der Waals surface area (Å²) in [5, 5.41) is 5.02. The molecule has 6 heteroatoms. The van der Waals surface area contributed by atoms with Gasteiger partial charge in [-0.15, -0.1) is 0 Å². The minimum absolute atomic E-state index is 0.00593. The fourth-order valence-electron chi connectivity index (χ4n) is 3.62. The van der Waals surface area contributed by atoms with Gasteiger partial charge in [-0.1, -0.05) is 36.4 Å². The maximum absolute atomic E-state index is 13.3. The first-order chi connectivity index (χ1) is 14.9. The fourth-order valence-corrected chi connectivity index (χ4v) is 3.62. The molecule has 0 aromatic heterocycles. The van der Waals surface area contributed by atoms with Crippen molar-refractivity contribution in [2.45, 2.75) is 19.9 Å². The molecule has 162 valence electrons. The number of nitrogens with one attached hydrogen (secondary N) is 2. The largest absolute Gasteiger partial charge is 0.497 e. The minimum Gasteiger partial charge on any atom is -0.497 e. The van der Waals surface area contributed by atoms with Gasteiger partial charge >= 0.3 is 0 Å². The molecule has 0 aliphatic rings. The summed E-state index contributed by atoms with van der Waals surface area (Å²) in [6.07, 6.45) is 0. The first kappa shape index (κ1) is 22.3. The number of carbonyl (C=O) groups is 2. The number of hydrogen-bond acceptors (Lipinski definition) is 3. The molecule has 1 unspecified atom stereocenters. The van der Waals surface area contributed by atoms with Crippen molar-refractivity contribution in [3.05, 3.63) is 66.7 Å². The molecular weight excluding hydrogens is 390 g/mol. The summed E-state index contributed by atoms with van der Waals surface area (Å²) >= 11 is 0. The van der Waals surface area contributed by atoms with Crippen LogP contribution in [0.15, 0.2) is 66.7 Å². The monoisotopic (exact) mass is 420 g/mol. The molecule has 3 aromatic rings. The van der Waals surface area contributed by atoms with Crippen molar-refractivity contribution >= 4 is 34.0 Å². The van der Waals surface area contributed by atoms with E-state index < -0.39 is 0 Å². The molecule has 31 heavy (non-hydrogen) atoms. The van der Waals surface area contributed by atoms with E-state index in [0.29, 0.717) is 12.2 Å². The summed E-state index contributed by atoms with van der Waals surface area (Å²) in [4.78, 5) is 28.5. The SMILES string of the molecule is CCN(C(=O)[C@@H](C)[NH+](C)CC(=O)Nc1ccc(OC)cc1)c1cccc2ccccc12. The highest BCUT2D eigenvalue weighted by Crippen LogP contribution is 2.27. The Bertz CT molecular complexity index is 1040. The molecule has 3 rings (SSSR count). The summed E-state index contributed by atoms with van der Waals surface area (Å²) in [5.41, 5.74) is 1.59. The van der Waals surface area contributed by atoms with Crippen LogP contribution in [-0.2, 0) is 9.59 Å². The van der Waals surface area contributed by atoms with Gasteiger partial charge in [-0.25, -0.2) is 0 Å². The third-order valence-electron chi connectivity index (χ3n) is 5.56. The van der Waals surface area contributed by atoms with Crippen LogP contribution in [0.1, 0.15) is 13.8 Å². The lowest BCUT2D eigenvalue weighted by atomic mass is 10.1. The number of fused-ring (bicyclic) bond motifs is 1. The number of amides is 2. The van der Waals surface area contributed by atoms with Crippen molar-refractivity contribution < 1.29 is 19.2 Å². The number of rotatable bonds is 8. The second-order valence-electron chi connectivity index (χ2n) is 7.60. The molecule has 0 aliphatic heterocycles. The van der Waals surface area contributed by atoms with E-state index in [9.17, 15) is 9.59 Å². The van der Waals surface area contributed by atoms with Gasteiger partial charge in [0.05, 0.1) is 19.8 Å². The van der Waals surface area contributed by atoms with Crippen LogP contribution in [0.5, 0.6) is 5.75 Å². The predicted octanol–water partition coefficient (Wildman–Crippen LogP) is 2.74. The van der Waals surface area contributed by atoms with Crippen molar-refractivity contribution in [1.29, 1.82) is 0 Å². The van der Waals surface area contributed by atoms with Crippen molar-refractivity contribution in [2.24, 2.45) is 0 Å². The second kappa shape index (κ2) is 10.1. The van der Waals surface area contributed by atoms with Gasteiger partial charge in [-0.05, 0) is 49.6 Å². The van der Waals surface area contributed by atoms with Gasteiger partial charge in [0.2, 0.25) is 0 Å². The van der Waals surface area contributed by atoms with Crippen molar-refractivity contribution in [3.63, 3.8) is 0 Å². The molecule has 0 radical (unpaired) electrons. The summed E-state index contributed by atoms with van der Waals surface area (Å²) < 4.78 is 5.13. The molecule has 0 saturated heterocycles. The smallest absolute Gasteiger partial charge is 0.284 e. The zero-order valence-electron chi connectivity index (χ0n) is 18.5. The molecule has 0 spiro atoms. The van der Waals surface area contributed by atoms with Crippen LogP contribution in [0.4, 0.5) is 11.4 Å². The molecule has 0 saturated carbocycles. The van der Waals surface area contributed by atoms with Crippen molar-refractivity contribution in [1.82, 2.24) is 0 Å². The van der Waals surface area contributed by atoms with Crippen LogP contribution < -0.4 is 19.9 Å². The van der Waals surface area contributed by atoms with Crippen molar-refractivity contribution in [3.8, 4) is 5.75 Å². The molecule has 0 fully saturated rings. The Balaban J connectivity index is 1.68. The van der Waals surface area contributed by atoms with E-state index in [-0.39, 0.29) is 24.4 Å². The van der Waals surface area contributed by atoms with E-state index in [1.807, 2.05) is 63.4 Å². The normalized spacial score (nSPS) is 12.8. The lowest BCUT2D eigenvalue weighted by molar-refractivity contribution is -0.885. The summed E-state index contributed by atoms with van der Waals surface area (Å²) in [5.74, 6) is 0.581. The van der Waals surface area contributed by atoms with E-state index >= 15 is 0 Å². The number of benzene rings is 3. The Morgan fingerprint density at radius 1 is 1.03 bits per heavy atom. The number of nitrogens with zero attached hydrogens (tertiary/aromatic N) is 1. The minimum atomic E-state index is -0.375. The van der Waals surface area contributed by atoms with E-state index in [2.05, 4.69) is 5.32 Å². The lowest BCUT2D eigenvalue weighted by Gasteiger charge is -2.28. The molecule has 0 aliphatic carbocycles. The zero-order chi connectivity index (χ0) is 22.4. The Morgan fingerprint density at radius 3 is 2.39 bits per heavy atom. The molecule has 6 nitrogen and oxygen atoms in total.